The maximum Gasteiger partial charge on any atom is 0.292 e. The number of para-hydroxylation sites is 2. The Kier molecular flexibility index (Phi) is 7.34. The van der Waals surface area contributed by atoms with Gasteiger partial charge >= 0.3 is 0 Å². The Morgan fingerprint density at radius 1 is 1.08 bits per heavy atom. The molecule has 0 saturated heterocycles. The topological polar surface area (TPSA) is 116 Å². The van der Waals surface area contributed by atoms with E-state index in [1.54, 1.807) is 41.3 Å². The first-order valence-corrected chi connectivity index (χ1v) is 12.7. The highest BCUT2D eigenvalue weighted by Crippen LogP contribution is 2.32. The minimum Gasteiger partial charge on any atom is -0.426 e. The average molecular weight is 521 g/mol. The zero-order valence-corrected chi connectivity index (χ0v) is 21.1. The van der Waals surface area contributed by atoms with Crippen LogP contribution < -0.4 is 26.0 Å². The number of carbonyl (C=O) groups excluding carboxylic acids is 1. The van der Waals surface area contributed by atoms with E-state index in [9.17, 15) is 10.1 Å². The summed E-state index contributed by atoms with van der Waals surface area (Å²) in [6.07, 6.45) is 4.25. The first-order valence-electron chi connectivity index (χ1n) is 11.9. The Labute approximate surface area is 224 Å². The van der Waals surface area contributed by atoms with Crippen molar-refractivity contribution in [3.05, 3.63) is 107 Å². The monoisotopic (exact) mass is 520 g/mol. The summed E-state index contributed by atoms with van der Waals surface area (Å²) in [7, 11) is 0. The van der Waals surface area contributed by atoms with Crippen molar-refractivity contribution in [1.29, 1.82) is 5.26 Å². The van der Waals surface area contributed by atoms with E-state index in [1.807, 2.05) is 60.0 Å². The third-order valence-electron chi connectivity index (χ3n) is 5.83. The average Bonchev–Trinajstić information content (AvgIpc) is 3.41. The lowest BCUT2D eigenvalue weighted by Crippen LogP contribution is -2.23. The number of hydrogen-bond acceptors (Lipinski definition) is 7. The molecule has 0 aliphatic carbocycles. The molecular weight excluding hydrogens is 496 g/mol. The Morgan fingerprint density at radius 3 is 2.74 bits per heavy atom. The van der Waals surface area contributed by atoms with Gasteiger partial charge in [-0.3, -0.25) is 9.69 Å². The molecule has 188 valence electrons. The number of carbonyl (C=O) groups is 1. The Bertz CT molecular complexity index is 1550. The lowest BCUT2D eigenvalue weighted by atomic mass is 9.99. The number of thiophene rings is 1. The number of nitriles is 1. The predicted molar refractivity (Wildman–Crippen MR) is 153 cm³/mol. The molecule has 1 aliphatic heterocycles. The molecule has 3 aromatic carbocycles. The van der Waals surface area contributed by atoms with Crippen molar-refractivity contribution in [1.82, 2.24) is 0 Å². The number of rotatable bonds is 7. The molecule has 0 unspecified atom stereocenters. The Morgan fingerprint density at radius 2 is 1.89 bits per heavy atom. The highest BCUT2D eigenvalue weighted by atomic mass is 32.1. The summed E-state index contributed by atoms with van der Waals surface area (Å²) in [4.78, 5) is 19.6. The van der Waals surface area contributed by atoms with Crippen LogP contribution >= 0.6 is 11.3 Å². The van der Waals surface area contributed by atoms with E-state index in [2.05, 4.69) is 21.8 Å². The molecule has 5 rings (SSSR count). The number of amidine groups is 1. The zero-order chi connectivity index (χ0) is 26.3. The fraction of sp³-hybridized carbons (Fsp3) is 0.0690. The van der Waals surface area contributed by atoms with Crippen LogP contribution in [0.3, 0.4) is 0 Å². The van der Waals surface area contributed by atoms with Crippen LogP contribution in [0.25, 0.3) is 5.57 Å². The number of nitrogens with zero attached hydrogens (tertiary/aromatic N) is 3. The standard InChI is InChI=1S/C29H24N6O2S/c30-19-35-15-13-20(24-11-4-5-12-26(24)35)18-32-25-14-16-38-27(25)28(36)33-21-7-6-8-22(17-21)34-29(31)37-23-9-2-1-3-10-23/h1-14,16-17,32H,15,18H2,(H2,31,34)(H,33,36). The minimum atomic E-state index is -0.231. The SMILES string of the molecule is N#CN1CC=C(CNc2ccsc2C(=O)Nc2cccc(N=C(N)Oc3ccccc3)c2)c2ccccc21. The molecule has 0 atom stereocenters. The summed E-state index contributed by atoms with van der Waals surface area (Å²) >= 11 is 1.36. The summed E-state index contributed by atoms with van der Waals surface area (Å²) in [5, 5.41) is 17.6. The Balaban J connectivity index is 1.25. The molecule has 0 spiro atoms. The number of nitrogens with one attached hydrogen (secondary N) is 2. The van der Waals surface area contributed by atoms with Gasteiger partial charge in [0.2, 0.25) is 0 Å². The van der Waals surface area contributed by atoms with E-state index in [-0.39, 0.29) is 11.9 Å². The number of fused-ring (bicyclic) bond motifs is 1. The van der Waals surface area contributed by atoms with Gasteiger partial charge in [-0.2, -0.15) is 10.3 Å². The van der Waals surface area contributed by atoms with E-state index >= 15 is 0 Å². The summed E-state index contributed by atoms with van der Waals surface area (Å²) in [6.45, 7) is 1.04. The molecule has 38 heavy (non-hydrogen) atoms. The van der Waals surface area contributed by atoms with E-state index < -0.39 is 0 Å². The first kappa shape index (κ1) is 24.6. The van der Waals surface area contributed by atoms with Gasteiger partial charge in [0, 0.05) is 17.8 Å². The predicted octanol–water partition coefficient (Wildman–Crippen LogP) is 5.82. The number of hydrogen-bond donors (Lipinski definition) is 3. The number of ether oxygens (including phenoxy) is 1. The lowest BCUT2D eigenvalue weighted by molar-refractivity contribution is 0.103. The highest BCUT2D eigenvalue weighted by molar-refractivity contribution is 7.12. The molecule has 4 aromatic rings. The van der Waals surface area contributed by atoms with Gasteiger partial charge in [0.1, 0.15) is 10.6 Å². The number of anilines is 3. The van der Waals surface area contributed by atoms with Gasteiger partial charge in [-0.05, 0) is 53.4 Å². The molecule has 0 saturated carbocycles. The Hall–Kier alpha value is -5.07. The maximum absolute atomic E-state index is 13.1. The van der Waals surface area contributed by atoms with Crippen molar-refractivity contribution in [2.45, 2.75) is 0 Å². The van der Waals surface area contributed by atoms with Gasteiger partial charge < -0.3 is 21.1 Å². The molecule has 4 N–H and O–H groups in total. The van der Waals surface area contributed by atoms with Crippen LogP contribution in [0.1, 0.15) is 15.2 Å². The van der Waals surface area contributed by atoms with Crippen LogP contribution in [-0.4, -0.2) is 25.0 Å². The second-order valence-corrected chi connectivity index (χ2v) is 9.26. The number of benzene rings is 3. The smallest absolute Gasteiger partial charge is 0.292 e. The molecule has 1 aromatic heterocycles. The molecule has 8 nitrogen and oxygen atoms in total. The quantitative estimate of drug-likeness (QED) is 0.161. The second kappa shape index (κ2) is 11.3. The fourth-order valence-electron chi connectivity index (χ4n) is 4.07. The van der Waals surface area contributed by atoms with Crippen molar-refractivity contribution in [3.8, 4) is 11.9 Å². The summed E-state index contributed by atoms with van der Waals surface area (Å²) < 4.78 is 5.54. The van der Waals surface area contributed by atoms with Gasteiger partial charge in [0.05, 0.1) is 23.6 Å². The third kappa shape index (κ3) is 5.67. The van der Waals surface area contributed by atoms with Gasteiger partial charge in [0.25, 0.3) is 11.9 Å². The van der Waals surface area contributed by atoms with Gasteiger partial charge in [-0.25, -0.2) is 0 Å². The van der Waals surface area contributed by atoms with Crippen LogP contribution in [0.4, 0.5) is 22.7 Å². The normalized spacial score (nSPS) is 12.7. The molecule has 0 bridgehead atoms. The third-order valence-corrected chi connectivity index (χ3v) is 6.74. The van der Waals surface area contributed by atoms with E-state index in [0.29, 0.717) is 35.1 Å². The second-order valence-electron chi connectivity index (χ2n) is 8.34. The molecule has 2 heterocycles. The molecule has 1 aliphatic rings. The molecule has 0 radical (unpaired) electrons. The maximum atomic E-state index is 13.1. The van der Waals surface area contributed by atoms with E-state index in [1.165, 1.54) is 11.3 Å². The summed E-state index contributed by atoms with van der Waals surface area (Å²) in [5.74, 6) is 0.358. The number of amides is 1. The number of aliphatic imine (C=N–C) groups is 1. The van der Waals surface area contributed by atoms with Gasteiger partial charge in [-0.1, -0.05) is 48.5 Å². The van der Waals surface area contributed by atoms with Crippen LogP contribution in [0.5, 0.6) is 5.75 Å². The van der Waals surface area contributed by atoms with Crippen molar-refractivity contribution in [3.63, 3.8) is 0 Å². The van der Waals surface area contributed by atoms with Crippen molar-refractivity contribution >= 4 is 51.6 Å². The minimum absolute atomic E-state index is 0.000834. The largest absolute Gasteiger partial charge is 0.426 e. The summed E-state index contributed by atoms with van der Waals surface area (Å²) in [6, 6.07) is 25.9. The van der Waals surface area contributed by atoms with Crippen LogP contribution in [0, 0.1) is 11.5 Å². The number of nitrogens with two attached hydrogens (primary N) is 1. The van der Waals surface area contributed by atoms with E-state index in [0.717, 1.165) is 22.5 Å². The molecule has 9 heteroatoms. The highest BCUT2D eigenvalue weighted by Gasteiger charge is 2.19. The van der Waals surface area contributed by atoms with Crippen molar-refractivity contribution in [2.75, 3.05) is 28.6 Å². The summed E-state index contributed by atoms with van der Waals surface area (Å²) in [5.41, 5.74) is 10.8. The first-order chi connectivity index (χ1) is 18.6. The molecule has 1 amide bonds. The van der Waals surface area contributed by atoms with Crippen LogP contribution in [0.15, 0.2) is 101 Å². The van der Waals surface area contributed by atoms with Crippen molar-refractivity contribution in [2.24, 2.45) is 10.7 Å². The van der Waals surface area contributed by atoms with Crippen LogP contribution in [0.2, 0.25) is 0 Å². The van der Waals surface area contributed by atoms with Gasteiger partial charge in [-0.15, -0.1) is 11.3 Å². The zero-order valence-electron chi connectivity index (χ0n) is 20.3. The van der Waals surface area contributed by atoms with Gasteiger partial charge in [0.15, 0.2) is 6.19 Å². The van der Waals surface area contributed by atoms with E-state index in [4.69, 9.17) is 10.5 Å². The van der Waals surface area contributed by atoms with Crippen molar-refractivity contribution < 1.29 is 9.53 Å². The lowest BCUT2D eigenvalue weighted by Gasteiger charge is -2.25. The fourth-order valence-corrected chi connectivity index (χ4v) is 4.83. The molecular formula is C29H24N6O2S. The molecule has 0 fully saturated rings. The van der Waals surface area contributed by atoms with Crippen LogP contribution in [-0.2, 0) is 0 Å².